The molecule has 3 aliphatic heterocycles. The van der Waals surface area contributed by atoms with E-state index in [-0.39, 0.29) is 110 Å². The molecule has 1 aliphatic carbocycles. The highest BCUT2D eigenvalue weighted by Crippen LogP contribution is 2.51. The molecule has 3 heterocycles. The van der Waals surface area contributed by atoms with Crippen LogP contribution < -0.4 is 14.8 Å². The van der Waals surface area contributed by atoms with Gasteiger partial charge in [-0.1, -0.05) is 26.8 Å². The molecule has 25 heteroatoms. The fraction of sp³-hybridized carbons (Fsp3) is 0.560. The van der Waals surface area contributed by atoms with Crippen molar-refractivity contribution < 1.29 is 86.2 Å². The molecule has 5 rings (SSSR count). The maximum Gasteiger partial charge on any atom is 0.335 e. The molecule has 1 aromatic rings. The van der Waals surface area contributed by atoms with E-state index in [9.17, 15) is 53.3 Å². The van der Waals surface area contributed by atoms with Crippen molar-refractivity contribution in [1.82, 2.24) is 9.64 Å². The van der Waals surface area contributed by atoms with Gasteiger partial charge in [-0.25, -0.2) is 34.6 Å². The Balaban J connectivity index is 1.22. The van der Waals surface area contributed by atoms with Crippen molar-refractivity contribution >= 4 is 59.9 Å². The third-order valence-electron chi connectivity index (χ3n) is 12.3. The smallest absolute Gasteiger partial charge is 0.335 e. The summed E-state index contributed by atoms with van der Waals surface area (Å²) < 4.78 is 142. The molecule has 22 nitrogen and oxygen atoms in total. The van der Waals surface area contributed by atoms with Gasteiger partial charge in [0.25, 0.3) is 11.8 Å². The van der Waals surface area contributed by atoms with Crippen molar-refractivity contribution in [3.05, 3.63) is 82.6 Å². The van der Waals surface area contributed by atoms with Crippen LogP contribution in [-0.4, -0.2) is 159 Å². The minimum Gasteiger partial charge on any atom is -0.748 e. The van der Waals surface area contributed by atoms with E-state index in [1.54, 1.807) is 25.2 Å². The summed E-state index contributed by atoms with van der Waals surface area (Å²) in [6.45, 7) is 13.2. The number of carbonyl (C=O) groups is 3. The minimum atomic E-state index is -4.90. The molecule has 416 valence electrons. The van der Waals surface area contributed by atoms with E-state index in [1.165, 1.54) is 18.2 Å². The number of amides is 2. The number of hydroxylamine groups is 2. The number of anilines is 1. The first-order valence-corrected chi connectivity index (χ1v) is 29.1. The number of ether oxygens (including phenoxy) is 5. The van der Waals surface area contributed by atoms with Crippen molar-refractivity contribution in [2.75, 3.05) is 102 Å². The van der Waals surface area contributed by atoms with Crippen molar-refractivity contribution in [2.24, 2.45) is 0 Å². The molecule has 75 heavy (non-hydrogen) atoms. The Labute approximate surface area is 438 Å². The summed E-state index contributed by atoms with van der Waals surface area (Å²) in [6.07, 6.45) is 5.37. The van der Waals surface area contributed by atoms with Crippen LogP contribution in [0.4, 0.5) is 5.69 Å². The SMILES string of the molecule is CC[N+](CCCS(=O)(=O)[O-])=c1ccc2c(C(C)(C)C)cc(/C=C/C=C3/N(CCOCCOCCOCCOCCOCCC(=O)ON4C(=O)CCC4=O)c4ccc(S(=O)(=O)[O-])cc4C3(C)CCCS(=O)(=O)[O-])oc-2c1. The van der Waals surface area contributed by atoms with E-state index < -0.39 is 70.0 Å². The van der Waals surface area contributed by atoms with Gasteiger partial charge in [0.15, 0.2) is 0 Å². The van der Waals surface area contributed by atoms with E-state index in [4.69, 9.17) is 32.9 Å². The molecule has 2 amide bonds. The molecule has 0 bridgehead atoms. The summed E-state index contributed by atoms with van der Waals surface area (Å²) in [5, 5.41) is 1.26. The van der Waals surface area contributed by atoms with Crippen LogP contribution in [0, 0.1) is 0 Å². The summed E-state index contributed by atoms with van der Waals surface area (Å²) in [5.41, 5.74) is 2.02. The van der Waals surface area contributed by atoms with Crippen molar-refractivity contribution in [3.8, 4) is 11.3 Å². The quantitative estimate of drug-likeness (QED) is 0.0386. The molecule has 0 saturated carbocycles. The molecular weight excluding hydrogens is 1040 g/mol. The highest BCUT2D eigenvalue weighted by molar-refractivity contribution is 7.86. The number of benzene rings is 2. The van der Waals surface area contributed by atoms with Crippen LogP contribution in [0.25, 0.3) is 17.4 Å². The van der Waals surface area contributed by atoms with Gasteiger partial charge in [0.2, 0.25) is 5.36 Å². The Morgan fingerprint density at radius 1 is 0.773 bits per heavy atom. The molecular formula is C50H67N3O19S3-2. The van der Waals surface area contributed by atoms with Gasteiger partial charge in [-0.3, -0.25) is 9.59 Å². The van der Waals surface area contributed by atoms with E-state index >= 15 is 0 Å². The van der Waals surface area contributed by atoms with E-state index in [0.717, 1.165) is 16.5 Å². The first-order valence-electron chi connectivity index (χ1n) is 24.6. The highest BCUT2D eigenvalue weighted by atomic mass is 32.2. The highest BCUT2D eigenvalue weighted by Gasteiger charge is 2.43. The molecule has 4 aliphatic rings. The van der Waals surface area contributed by atoms with Crippen LogP contribution in [-0.2, 0) is 84.1 Å². The van der Waals surface area contributed by atoms with Gasteiger partial charge in [0, 0.05) is 65.7 Å². The van der Waals surface area contributed by atoms with Crippen molar-refractivity contribution in [3.63, 3.8) is 0 Å². The predicted octanol–water partition coefficient (Wildman–Crippen LogP) is 3.39. The number of hydrogen-bond acceptors (Lipinski definition) is 20. The molecule has 1 unspecified atom stereocenters. The average Bonchev–Trinajstić information content (AvgIpc) is 3.76. The van der Waals surface area contributed by atoms with Crippen LogP contribution in [0.15, 0.2) is 69.6 Å². The maximum atomic E-state index is 12.3. The molecule has 1 saturated heterocycles. The molecule has 0 spiro atoms. The summed E-state index contributed by atoms with van der Waals surface area (Å²) in [5.74, 6) is -1.98. The first-order chi connectivity index (χ1) is 35.3. The predicted molar refractivity (Wildman–Crippen MR) is 270 cm³/mol. The number of rotatable bonds is 31. The topological polar surface area (TPSA) is 301 Å². The lowest BCUT2D eigenvalue weighted by molar-refractivity contribution is -0.198. The van der Waals surface area contributed by atoms with E-state index in [0.29, 0.717) is 53.2 Å². The van der Waals surface area contributed by atoms with Crippen LogP contribution >= 0.6 is 0 Å². The van der Waals surface area contributed by atoms with Crippen LogP contribution in [0.1, 0.15) is 90.0 Å². The largest absolute Gasteiger partial charge is 0.748 e. The van der Waals surface area contributed by atoms with Crippen molar-refractivity contribution in [1.29, 1.82) is 0 Å². The van der Waals surface area contributed by atoms with Gasteiger partial charge >= 0.3 is 5.97 Å². The number of fused-ring (bicyclic) bond motifs is 2. The lowest BCUT2D eigenvalue weighted by atomic mass is 9.77. The molecule has 1 fully saturated rings. The summed E-state index contributed by atoms with van der Waals surface area (Å²) in [7, 11) is -13.9. The van der Waals surface area contributed by atoms with Gasteiger partial charge < -0.3 is 51.5 Å². The van der Waals surface area contributed by atoms with Crippen LogP contribution in [0.3, 0.4) is 0 Å². The van der Waals surface area contributed by atoms with Crippen LogP contribution in [0.5, 0.6) is 0 Å². The van der Waals surface area contributed by atoms with Gasteiger partial charge in [0.05, 0.1) is 104 Å². The summed E-state index contributed by atoms with van der Waals surface area (Å²) >= 11 is 0. The maximum absolute atomic E-state index is 12.3. The Kier molecular flexibility index (Phi) is 22.3. The fourth-order valence-corrected chi connectivity index (χ4v) is 10.1. The Morgan fingerprint density at radius 2 is 1.35 bits per heavy atom. The van der Waals surface area contributed by atoms with E-state index in [1.807, 2.05) is 40.7 Å². The molecule has 0 aromatic heterocycles. The summed E-state index contributed by atoms with van der Waals surface area (Å²) in [6, 6.07) is 11.7. The standard InChI is InChI=1S/C50H69N3O19S3/c1-6-51(20-9-33-74(60,61)62)37-12-14-40-41(49(2,3)4)35-38(71-44(40)34-37)10-7-11-45-50(5,19-8-32-73(57,58)59)42-36-39(75(63,64)65)13-15-43(42)52(45)21-23-67-25-27-69-29-31-70-30-28-68-26-24-66-22-18-48(56)72-53-46(54)16-17-47(53)55/h7,10-15,34-36H,6,8-9,16-33H2,1-5H3,(H2-,57,58,59,60,61,62,63,64,65)/p-2. The molecule has 0 N–H and O–H groups in total. The lowest BCUT2D eigenvalue weighted by Crippen LogP contribution is -2.32. The first kappa shape index (κ1) is 60.9. The monoisotopic (exact) mass is 1110 g/mol. The molecule has 0 radical (unpaired) electrons. The van der Waals surface area contributed by atoms with E-state index in [2.05, 4.69) is 20.8 Å². The van der Waals surface area contributed by atoms with Crippen molar-refractivity contribution in [2.45, 2.75) is 88.9 Å². The Morgan fingerprint density at radius 3 is 1.91 bits per heavy atom. The van der Waals surface area contributed by atoms with Gasteiger partial charge in [-0.2, -0.15) is 0 Å². The second kappa shape index (κ2) is 27.4. The molecule has 1 atom stereocenters. The third-order valence-corrected chi connectivity index (χ3v) is 14.7. The normalized spacial score (nSPS) is 17.5. The van der Waals surface area contributed by atoms with Gasteiger partial charge in [0.1, 0.15) is 34.7 Å². The number of imide groups is 1. The number of nitrogens with zero attached hydrogens (tertiary/aromatic N) is 3. The number of carbonyl (C=O) groups excluding carboxylic acids is 3. The number of allylic oxidation sites excluding steroid dienone is 3. The Hall–Kier alpha value is -4.93. The zero-order chi connectivity index (χ0) is 55.0. The van der Waals surface area contributed by atoms with Crippen LogP contribution in [0.2, 0.25) is 0 Å². The number of hydrogen-bond donors (Lipinski definition) is 0. The third kappa shape index (κ3) is 18.7. The fourth-order valence-electron chi connectivity index (χ4n) is 8.62. The second-order valence-electron chi connectivity index (χ2n) is 18.9. The second-order valence-corrected chi connectivity index (χ2v) is 23.4. The minimum absolute atomic E-state index is 0.0132. The average molecular weight is 1110 g/mol. The zero-order valence-corrected chi connectivity index (χ0v) is 45.4. The van der Waals surface area contributed by atoms with Gasteiger partial charge in [-0.05, 0) is 85.7 Å². The zero-order valence-electron chi connectivity index (χ0n) is 42.9. The summed E-state index contributed by atoms with van der Waals surface area (Å²) in [4.78, 5) is 41.1. The Bertz CT molecular complexity index is 2890. The van der Waals surface area contributed by atoms with Gasteiger partial charge in [-0.15, -0.1) is 5.06 Å². The molecule has 1 aromatic carbocycles. The lowest BCUT2D eigenvalue weighted by Gasteiger charge is -2.30.